The number of fused-ring (bicyclic) bond motifs is 1. The molecule has 0 aliphatic carbocycles. The zero-order valence-electron chi connectivity index (χ0n) is 18.5. The third-order valence-electron chi connectivity index (χ3n) is 5.30. The number of aryl methyl sites for hydroxylation is 1. The van der Waals surface area contributed by atoms with Crippen LogP contribution in [0.3, 0.4) is 0 Å². The van der Waals surface area contributed by atoms with E-state index in [9.17, 15) is 4.79 Å². The molecule has 1 heterocycles. The summed E-state index contributed by atoms with van der Waals surface area (Å²) in [5.41, 5.74) is 5.77. The van der Waals surface area contributed by atoms with Crippen molar-refractivity contribution in [2.24, 2.45) is 5.41 Å². The number of likely N-dealkylation sites (N-methyl/N-ethyl adjacent to an activating group) is 1. The summed E-state index contributed by atoms with van der Waals surface area (Å²) in [7, 11) is 1.90. The Labute approximate surface area is 189 Å². The number of H-pyrrole nitrogens is 1. The molecule has 3 nitrogen and oxygen atoms in total. The smallest absolute Gasteiger partial charge is 0.227 e. The lowest BCUT2D eigenvalue weighted by atomic mass is 9.95. The molecule has 0 bridgehead atoms. The van der Waals surface area contributed by atoms with Gasteiger partial charge in [-0.2, -0.15) is 11.8 Å². The van der Waals surface area contributed by atoms with Gasteiger partial charge in [0.15, 0.2) is 0 Å². The van der Waals surface area contributed by atoms with Crippen LogP contribution in [0, 0.1) is 12.3 Å². The number of hydrogen-bond acceptors (Lipinski definition) is 2. The number of carbonyl (C=O) groups excluding carboxylic acids is 1. The van der Waals surface area contributed by atoms with Crippen LogP contribution in [0.5, 0.6) is 0 Å². The number of hydrogen-bond donors (Lipinski definition) is 1. The Morgan fingerprint density at radius 1 is 1.13 bits per heavy atom. The van der Waals surface area contributed by atoms with Crippen LogP contribution in [0.25, 0.3) is 10.9 Å². The molecule has 3 rings (SSSR count). The first kappa shape index (κ1) is 22.8. The summed E-state index contributed by atoms with van der Waals surface area (Å²) >= 11 is 8.20. The Morgan fingerprint density at radius 3 is 2.57 bits per heavy atom. The normalized spacial score (nSPS) is 11.8. The average Bonchev–Trinajstić information content (AvgIpc) is 3.03. The van der Waals surface area contributed by atoms with E-state index in [1.54, 1.807) is 0 Å². The maximum atomic E-state index is 12.5. The van der Waals surface area contributed by atoms with E-state index in [-0.39, 0.29) is 11.3 Å². The Bertz CT molecular complexity index is 1040. The van der Waals surface area contributed by atoms with E-state index in [1.165, 1.54) is 22.2 Å². The number of benzene rings is 2. The first-order valence-corrected chi connectivity index (χ1v) is 11.9. The molecule has 1 N–H and O–H groups in total. The summed E-state index contributed by atoms with van der Waals surface area (Å²) in [5, 5.41) is 2.10. The molecule has 0 atom stereocenters. The van der Waals surface area contributed by atoms with Gasteiger partial charge in [-0.15, -0.1) is 0 Å². The number of nitrogens with zero attached hydrogens (tertiary/aromatic N) is 1. The van der Waals surface area contributed by atoms with Crippen molar-refractivity contribution in [2.75, 3.05) is 13.6 Å². The van der Waals surface area contributed by atoms with E-state index in [2.05, 4.69) is 36.2 Å². The van der Waals surface area contributed by atoms with Gasteiger partial charge in [0, 0.05) is 58.6 Å². The van der Waals surface area contributed by atoms with E-state index >= 15 is 0 Å². The van der Waals surface area contributed by atoms with Gasteiger partial charge in [-0.3, -0.25) is 4.79 Å². The fourth-order valence-corrected chi connectivity index (χ4v) is 5.02. The number of carbonyl (C=O) groups is 1. The van der Waals surface area contributed by atoms with Crippen LogP contribution in [-0.2, 0) is 22.7 Å². The molecule has 0 radical (unpaired) electrons. The monoisotopic (exact) mass is 442 g/mol. The number of amides is 1. The lowest BCUT2D eigenvalue weighted by Gasteiger charge is -2.26. The van der Waals surface area contributed by atoms with Crippen molar-refractivity contribution in [1.29, 1.82) is 0 Å². The number of nitrogens with one attached hydrogen (secondary N) is 1. The van der Waals surface area contributed by atoms with Crippen LogP contribution in [-0.4, -0.2) is 29.4 Å². The molecule has 0 fully saturated rings. The zero-order valence-corrected chi connectivity index (χ0v) is 20.1. The molecule has 0 aliphatic heterocycles. The molecule has 0 unspecified atom stereocenters. The molecule has 3 aromatic rings. The SMILES string of the molecule is Cc1ccc2[nH]c(CCN(C)C(=O)C(C)(C)C)c(CSCc3ccccc3Cl)c2c1. The highest BCUT2D eigenvalue weighted by atomic mass is 35.5. The molecule has 0 saturated heterocycles. The maximum absolute atomic E-state index is 12.5. The number of halogens is 1. The maximum Gasteiger partial charge on any atom is 0.227 e. The van der Waals surface area contributed by atoms with Crippen LogP contribution >= 0.6 is 23.4 Å². The first-order valence-electron chi connectivity index (χ1n) is 10.3. The third kappa shape index (κ3) is 5.41. The minimum atomic E-state index is -0.361. The summed E-state index contributed by atoms with van der Waals surface area (Å²) in [6.07, 6.45) is 0.814. The van der Waals surface area contributed by atoms with Gasteiger partial charge in [0.2, 0.25) is 5.91 Å². The lowest BCUT2D eigenvalue weighted by Crippen LogP contribution is -2.37. The van der Waals surface area contributed by atoms with Crippen molar-refractivity contribution < 1.29 is 4.79 Å². The predicted molar refractivity (Wildman–Crippen MR) is 130 cm³/mol. The minimum absolute atomic E-state index is 0.170. The Kier molecular flexibility index (Phi) is 7.20. The molecular weight excluding hydrogens is 412 g/mol. The van der Waals surface area contributed by atoms with Crippen LogP contribution in [0.1, 0.15) is 43.2 Å². The van der Waals surface area contributed by atoms with E-state index in [1.807, 2.05) is 62.7 Å². The van der Waals surface area contributed by atoms with Gasteiger partial charge in [0.05, 0.1) is 0 Å². The van der Waals surface area contributed by atoms with Crippen molar-refractivity contribution in [3.63, 3.8) is 0 Å². The quantitative estimate of drug-likeness (QED) is 0.446. The number of rotatable bonds is 7. The molecule has 30 heavy (non-hydrogen) atoms. The van der Waals surface area contributed by atoms with Gasteiger partial charge in [-0.25, -0.2) is 0 Å². The second-order valence-corrected chi connectivity index (χ2v) is 10.3. The fourth-order valence-electron chi connectivity index (χ4n) is 3.63. The van der Waals surface area contributed by atoms with Gasteiger partial charge in [-0.05, 0) is 36.2 Å². The van der Waals surface area contributed by atoms with Crippen molar-refractivity contribution in [3.05, 3.63) is 69.9 Å². The Balaban J connectivity index is 1.78. The average molecular weight is 443 g/mol. The number of aromatic nitrogens is 1. The largest absolute Gasteiger partial charge is 0.358 e. The molecule has 1 amide bonds. The van der Waals surface area contributed by atoms with Crippen LogP contribution in [0.2, 0.25) is 5.02 Å². The number of thioether (sulfide) groups is 1. The van der Waals surface area contributed by atoms with Crippen molar-refractivity contribution in [1.82, 2.24) is 9.88 Å². The minimum Gasteiger partial charge on any atom is -0.358 e. The Morgan fingerprint density at radius 2 is 1.87 bits per heavy atom. The third-order valence-corrected chi connectivity index (χ3v) is 6.67. The Hall–Kier alpha value is -1.91. The highest BCUT2D eigenvalue weighted by Crippen LogP contribution is 2.30. The molecule has 2 aromatic carbocycles. The van der Waals surface area contributed by atoms with Gasteiger partial charge in [-0.1, -0.05) is 62.2 Å². The standard InChI is InChI=1S/C25H31ClN2OS/c1-17-10-11-22-19(14-17)20(16-30-15-18-8-6-7-9-21(18)26)23(27-22)12-13-28(5)24(29)25(2,3)4/h6-11,14,27H,12-13,15-16H2,1-5H3. The summed E-state index contributed by atoms with van der Waals surface area (Å²) in [5.74, 6) is 1.95. The number of aromatic amines is 1. The second-order valence-electron chi connectivity index (χ2n) is 8.94. The van der Waals surface area contributed by atoms with Crippen LogP contribution in [0.4, 0.5) is 0 Å². The van der Waals surface area contributed by atoms with E-state index < -0.39 is 0 Å². The molecule has 0 saturated carbocycles. The van der Waals surface area contributed by atoms with E-state index in [0.29, 0.717) is 6.54 Å². The van der Waals surface area contributed by atoms with E-state index in [0.717, 1.165) is 34.0 Å². The summed E-state index contributed by atoms with van der Waals surface area (Å²) in [4.78, 5) is 18.0. The van der Waals surface area contributed by atoms with Gasteiger partial charge < -0.3 is 9.88 Å². The van der Waals surface area contributed by atoms with Crippen molar-refractivity contribution in [3.8, 4) is 0 Å². The van der Waals surface area contributed by atoms with Gasteiger partial charge >= 0.3 is 0 Å². The zero-order chi connectivity index (χ0) is 21.9. The highest BCUT2D eigenvalue weighted by Gasteiger charge is 2.25. The molecular formula is C25H31ClN2OS. The molecule has 160 valence electrons. The van der Waals surface area contributed by atoms with Crippen LogP contribution < -0.4 is 0 Å². The second kappa shape index (κ2) is 9.49. The highest BCUT2D eigenvalue weighted by molar-refractivity contribution is 7.97. The fraction of sp³-hybridized carbons (Fsp3) is 0.400. The lowest BCUT2D eigenvalue weighted by molar-refractivity contribution is -0.138. The van der Waals surface area contributed by atoms with Gasteiger partial charge in [0.25, 0.3) is 0 Å². The molecule has 1 aromatic heterocycles. The van der Waals surface area contributed by atoms with Gasteiger partial charge in [0.1, 0.15) is 0 Å². The molecule has 5 heteroatoms. The van der Waals surface area contributed by atoms with E-state index in [4.69, 9.17) is 11.6 Å². The summed E-state index contributed by atoms with van der Waals surface area (Å²) < 4.78 is 0. The topological polar surface area (TPSA) is 36.1 Å². The van der Waals surface area contributed by atoms with Crippen LogP contribution in [0.15, 0.2) is 42.5 Å². The summed E-state index contributed by atoms with van der Waals surface area (Å²) in [6.45, 7) is 8.73. The molecule has 0 aliphatic rings. The predicted octanol–water partition coefficient (Wildman–Crippen LogP) is 6.61. The summed E-state index contributed by atoms with van der Waals surface area (Å²) in [6, 6.07) is 14.6. The van der Waals surface area contributed by atoms with Crippen molar-refractivity contribution >= 4 is 40.2 Å². The first-order chi connectivity index (χ1) is 14.2. The molecule has 0 spiro atoms. The van der Waals surface area contributed by atoms with Crippen molar-refractivity contribution in [2.45, 2.75) is 45.6 Å².